The quantitative estimate of drug-likeness (QED) is 0.718. The largest absolute Gasteiger partial charge is 0.395 e. The van der Waals surface area contributed by atoms with Crippen molar-refractivity contribution in [3.8, 4) is 11.8 Å². The van der Waals surface area contributed by atoms with E-state index in [0.29, 0.717) is 12.1 Å². The number of rotatable bonds is 5. The summed E-state index contributed by atoms with van der Waals surface area (Å²) < 4.78 is 28.5. The number of aryl methyl sites for hydroxylation is 1. The predicted octanol–water partition coefficient (Wildman–Crippen LogP) is 1.38. The molecule has 0 aliphatic heterocycles. The highest BCUT2D eigenvalue weighted by molar-refractivity contribution is 7.90. The van der Waals surface area contributed by atoms with Gasteiger partial charge in [-0.15, -0.1) is 0 Å². The minimum absolute atomic E-state index is 0.0325. The molecule has 5 nitrogen and oxygen atoms in total. The summed E-state index contributed by atoms with van der Waals surface area (Å²) in [5, 5.41) is 8.66. The second-order valence-corrected chi connectivity index (χ2v) is 6.13. The topological polar surface area (TPSA) is 78.4 Å². The van der Waals surface area contributed by atoms with Gasteiger partial charge in [0.1, 0.15) is 0 Å². The normalized spacial score (nSPS) is 11.1. The van der Waals surface area contributed by atoms with E-state index in [0.717, 1.165) is 11.1 Å². The first-order chi connectivity index (χ1) is 9.34. The summed E-state index contributed by atoms with van der Waals surface area (Å²) in [4.78, 5) is 0. The molecule has 0 unspecified atom stereocenters. The van der Waals surface area contributed by atoms with Crippen molar-refractivity contribution in [3.63, 3.8) is 0 Å². The Morgan fingerprint density at radius 1 is 1.35 bits per heavy atom. The lowest BCUT2D eigenvalue weighted by molar-refractivity contribution is 0.305. The molecule has 0 aliphatic carbocycles. The third-order valence-electron chi connectivity index (χ3n) is 2.33. The smallest absolute Gasteiger partial charge is 0.299 e. The minimum Gasteiger partial charge on any atom is -0.395 e. The van der Waals surface area contributed by atoms with Crippen molar-refractivity contribution >= 4 is 15.9 Å². The van der Waals surface area contributed by atoms with E-state index in [1.165, 1.54) is 0 Å². The summed E-state index contributed by atoms with van der Waals surface area (Å²) in [6.07, 6.45) is 0.422. The van der Waals surface area contributed by atoms with Crippen molar-refractivity contribution in [1.82, 2.24) is 4.72 Å². The number of nitrogens with one attached hydrogen (secondary N) is 2. The number of hydrogen-bond acceptors (Lipinski definition) is 3. The second kappa shape index (κ2) is 7.29. The van der Waals surface area contributed by atoms with Gasteiger partial charge in [-0.3, -0.25) is 4.72 Å². The molecule has 0 heterocycles. The molecule has 20 heavy (non-hydrogen) atoms. The predicted molar refractivity (Wildman–Crippen MR) is 80.6 cm³/mol. The van der Waals surface area contributed by atoms with Gasteiger partial charge < -0.3 is 5.11 Å². The lowest BCUT2D eigenvalue weighted by Crippen LogP contribution is -2.35. The molecule has 0 amide bonds. The van der Waals surface area contributed by atoms with E-state index in [-0.39, 0.29) is 12.6 Å². The molecule has 0 atom stereocenters. The van der Waals surface area contributed by atoms with Crippen LogP contribution in [0.4, 0.5) is 5.69 Å². The van der Waals surface area contributed by atoms with Crippen molar-refractivity contribution in [2.24, 2.45) is 0 Å². The van der Waals surface area contributed by atoms with Crippen molar-refractivity contribution < 1.29 is 13.5 Å². The van der Waals surface area contributed by atoms with E-state index in [2.05, 4.69) is 21.3 Å². The molecule has 3 N–H and O–H groups in total. The highest BCUT2D eigenvalue weighted by Crippen LogP contribution is 2.17. The highest BCUT2D eigenvalue weighted by atomic mass is 32.2. The number of benzene rings is 1. The van der Waals surface area contributed by atoms with Crippen LogP contribution in [-0.2, 0) is 10.2 Å². The van der Waals surface area contributed by atoms with Crippen LogP contribution in [0.1, 0.15) is 31.4 Å². The summed E-state index contributed by atoms with van der Waals surface area (Å²) in [5.41, 5.74) is 2.09. The fourth-order valence-electron chi connectivity index (χ4n) is 1.56. The Labute approximate surface area is 120 Å². The van der Waals surface area contributed by atoms with Gasteiger partial charge in [0.25, 0.3) is 10.2 Å². The van der Waals surface area contributed by atoms with E-state index in [1.54, 1.807) is 32.0 Å². The van der Waals surface area contributed by atoms with Crippen LogP contribution < -0.4 is 9.44 Å². The first kappa shape index (κ1) is 16.5. The Hall–Kier alpha value is -1.55. The van der Waals surface area contributed by atoms with Gasteiger partial charge in [-0.1, -0.05) is 11.8 Å². The molecule has 110 valence electrons. The highest BCUT2D eigenvalue weighted by Gasteiger charge is 2.12. The molecule has 1 aromatic carbocycles. The third kappa shape index (κ3) is 5.61. The van der Waals surface area contributed by atoms with E-state index in [9.17, 15) is 8.42 Å². The van der Waals surface area contributed by atoms with E-state index < -0.39 is 10.2 Å². The summed E-state index contributed by atoms with van der Waals surface area (Å²) in [6, 6.07) is 5.05. The van der Waals surface area contributed by atoms with Gasteiger partial charge in [0, 0.05) is 18.0 Å². The molecule has 6 heteroatoms. The second-order valence-electron chi connectivity index (χ2n) is 4.68. The van der Waals surface area contributed by atoms with Crippen molar-refractivity contribution in [3.05, 3.63) is 29.3 Å². The van der Waals surface area contributed by atoms with Crippen LogP contribution in [0.25, 0.3) is 0 Å². The maximum absolute atomic E-state index is 11.8. The van der Waals surface area contributed by atoms with E-state index >= 15 is 0 Å². The van der Waals surface area contributed by atoms with Crippen LogP contribution in [0.2, 0.25) is 0 Å². The third-order valence-corrected chi connectivity index (χ3v) is 3.60. The average Bonchev–Trinajstić information content (AvgIpc) is 2.31. The molecule has 0 fully saturated rings. The Bertz CT molecular complexity index is 613. The zero-order chi connectivity index (χ0) is 15.2. The Kier molecular flexibility index (Phi) is 6.02. The molecule has 0 aliphatic rings. The summed E-state index contributed by atoms with van der Waals surface area (Å²) in [7, 11) is -3.56. The minimum atomic E-state index is -3.56. The van der Waals surface area contributed by atoms with Crippen LogP contribution in [0.15, 0.2) is 18.2 Å². The zero-order valence-corrected chi connectivity index (χ0v) is 12.7. The maximum Gasteiger partial charge on any atom is 0.299 e. The summed E-state index contributed by atoms with van der Waals surface area (Å²) in [5.74, 6) is 5.73. The van der Waals surface area contributed by atoms with Gasteiger partial charge in [0.05, 0.1) is 12.3 Å². The lowest BCUT2D eigenvalue weighted by Gasteiger charge is -2.13. The molecule has 0 aromatic heterocycles. The summed E-state index contributed by atoms with van der Waals surface area (Å²) >= 11 is 0. The van der Waals surface area contributed by atoms with Gasteiger partial charge >= 0.3 is 0 Å². The number of anilines is 1. The monoisotopic (exact) mass is 296 g/mol. The van der Waals surface area contributed by atoms with Gasteiger partial charge in [0.15, 0.2) is 0 Å². The van der Waals surface area contributed by atoms with Crippen LogP contribution in [0.5, 0.6) is 0 Å². The lowest BCUT2D eigenvalue weighted by atomic mass is 10.1. The van der Waals surface area contributed by atoms with Crippen molar-refractivity contribution in [1.29, 1.82) is 0 Å². The Balaban J connectivity index is 2.87. The van der Waals surface area contributed by atoms with Crippen LogP contribution >= 0.6 is 0 Å². The first-order valence-electron chi connectivity index (χ1n) is 6.34. The molecule has 0 bridgehead atoms. The van der Waals surface area contributed by atoms with Crippen LogP contribution in [0.3, 0.4) is 0 Å². The molecule has 0 saturated carbocycles. The molecule has 0 saturated heterocycles. The van der Waals surface area contributed by atoms with Gasteiger partial charge in [-0.2, -0.15) is 13.1 Å². The molecule has 1 rings (SSSR count). The summed E-state index contributed by atoms with van der Waals surface area (Å²) in [6.45, 7) is 5.35. The molecule has 0 spiro atoms. The fourth-order valence-corrected chi connectivity index (χ4v) is 2.76. The number of aliphatic hydroxyl groups is 1. The van der Waals surface area contributed by atoms with Crippen LogP contribution in [0, 0.1) is 18.8 Å². The SMILES string of the molecule is Cc1cc(C#CCCO)ccc1NS(=O)(=O)NC(C)C. The molecule has 1 aromatic rings. The number of aliphatic hydroxyl groups excluding tert-OH is 1. The first-order valence-corrected chi connectivity index (χ1v) is 7.83. The molecular weight excluding hydrogens is 276 g/mol. The average molecular weight is 296 g/mol. The van der Waals surface area contributed by atoms with Crippen molar-refractivity contribution in [2.45, 2.75) is 33.2 Å². The Morgan fingerprint density at radius 3 is 2.60 bits per heavy atom. The zero-order valence-electron chi connectivity index (χ0n) is 11.9. The van der Waals surface area contributed by atoms with Crippen LogP contribution in [-0.4, -0.2) is 26.2 Å². The van der Waals surface area contributed by atoms with Gasteiger partial charge in [-0.05, 0) is 44.5 Å². The molecule has 0 radical (unpaired) electrons. The molecular formula is C14H20N2O3S. The fraction of sp³-hybridized carbons (Fsp3) is 0.429. The standard InChI is InChI=1S/C14H20N2O3S/c1-11(2)15-20(18,19)16-14-8-7-13(10-12(14)3)6-4-5-9-17/h7-8,10-11,15-17H,5,9H2,1-3H3. The van der Waals surface area contributed by atoms with Crippen molar-refractivity contribution in [2.75, 3.05) is 11.3 Å². The van der Waals surface area contributed by atoms with Gasteiger partial charge in [-0.25, -0.2) is 0 Å². The van der Waals surface area contributed by atoms with E-state index in [4.69, 9.17) is 5.11 Å². The number of hydrogen-bond donors (Lipinski definition) is 3. The van der Waals surface area contributed by atoms with E-state index in [1.807, 2.05) is 6.92 Å². The maximum atomic E-state index is 11.8. The Morgan fingerprint density at radius 2 is 2.05 bits per heavy atom. The van der Waals surface area contributed by atoms with Gasteiger partial charge in [0.2, 0.25) is 0 Å².